The van der Waals surface area contributed by atoms with Crippen molar-refractivity contribution in [2.24, 2.45) is 5.92 Å². The van der Waals surface area contributed by atoms with Gasteiger partial charge in [0.2, 0.25) is 5.43 Å². The molecule has 1 aromatic carbocycles. The Hall–Kier alpha value is -4.71. The van der Waals surface area contributed by atoms with Crippen molar-refractivity contribution in [3.63, 3.8) is 0 Å². The van der Waals surface area contributed by atoms with E-state index in [2.05, 4.69) is 37.6 Å². The van der Waals surface area contributed by atoms with Gasteiger partial charge in [-0.25, -0.2) is 23.8 Å². The van der Waals surface area contributed by atoms with E-state index in [1.165, 1.54) is 23.0 Å². The van der Waals surface area contributed by atoms with E-state index in [4.69, 9.17) is 4.98 Å². The maximum Gasteiger partial charge on any atom is 0.341 e. The van der Waals surface area contributed by atoms with Crippen molar-refractivity contribution in [2.75, 3.05) is 56.4 Å². The molecular weight excluding hydrogens is 527 g/mol. The third-order valence-electron chi connectivity index (χ3n) is 8.70. The second-order valence-electron chi connectivity index (χ2n) is 10.9. The third kappa shape index (κ3) is 3.74. The zero-order chi connectivity index (χ0) is 28.6. The number of halogens is 1. The number of aromatic carboxylic acids is 1. The maximum atomic E-state index is 14.9. The number of H-pyrrole nitrogens is 1. The molecule has 4 N–H and O–H groups in total. The molecule has 11 nitrogen and oxygen atoms in total. The van der Waals surface area contributed by atoms with Gasteiger partial charge in [-0.2, -0.15) is 0 Å². The second kappa shape index (κ2) is 9.16. The summed E-state index contributed by atoms with van der Waals surface area (Å²) in [7, 11) is 5.52. The fourth-order valence-electron chi connectivity index (χ4n) is 6.68. The van der Waals surface area contributed by atoms with Gasteiger partial charge in [0.15, 0.2) is 5.65 Å². The summed E-state index contributed by atoms with van der Waals surface area (Å²) in [5.41, 5.74) is 6.47. The first-order chi connectivity index (χ1) is 19.8. The van der Waals surface area contributed by atoms with Gasteiger partial charge >= 0.3 is 5.97 Å². The van der Waals surface area contributed by atoms with Crippen LogP contribution in [0.15, 0.2) is 41.6 Å². The molecule has 0 spiro atoms. The largest absolute Gasteiger partial charge is 0.477 e. The predicted octanol–water partition coefficient (Wildman–Crippen LogP) is 3.29. The van der Waals surface area contributed by atoms with Gasteiger partial charge in [0.05, 0.1) is 27.7 Å². The molecule has 0 amide bonds. The monoisotopic (exact) mass is 556 g/mol. The highest BCUT2D eigenvalue weighted by Crippen LogP contribution is 2.45. The van der Waals surface area contributed by atoms with Gasteiger partial charge in [0.1, 0.15) is 17.0 Å². The number of fused-ring (bicyclic) bond motifs is 5. The number of hydrogen-bond donors (Lipinski definition) is 4. The minimum Gasteiger partial charge on any atom is -0.477 e. The first kappa shape index (κ1) is 25.3. The van der Waals surface area contributed by atoms with Crippen molar-refractivity contribution in [2.45, 2.75) is 12.5 Å². The van der Waals surface area contributed by atoms with E-state index >= 15 is 0 Å². The Balaban J connectivity index is 1.52. The zero-order valence-electron chi connectivity index (χ0n) is 22.8. The molecule has 2 aliphatic rings. The van der Waals surface area contributed by atoms with Crippen LogP contribution >= 0.6 is 0 Å². The van der Waals surface area contributed by atoms with Crippen molar-refractivity contribution >= 4 is 50.3 Å². The molecule has 12 heteroatoms. The number of anilines is 2. The smallest absolute Gasteiger partial charge is 0.341 e. The average Bonchev–Trinajstić information content (AvgIpc) is 3.66. The van der Waals surface area contributed by atoms with E-state index in [1.807, 2.05) is 0 Å². The van der Waals surface area contributed by atoms with Gasteiger partial charge < -0.3 is 30.6 Å². The molecule has 0 saturated carbocycles. The van der Waals surface area contributed by atoms with Gasteiger partial charge in [-0.05, 0) is 44.1 Å². The molecule has 4 aromatic heterocycles. The van der Waals surface area contributed by atoms with Crippen LogP contribution in [0.3, 0.4) is 0 Å². The Labute approximate surface area is 233 Å². The maximum absolute atomic E-state index is 14.9. The summed E-state index contributed by atoms with van der Waals surface area (Å²) >= 11 is 0. The van der Waals surface area contributed by atoms with Crippen molar-refractivity contribution in [1.29, 1.82) is 0 Å². The van der Waals surface area contributed by atoms with E-state index in [1.54, 1.807) is 32.6 Å². The van der Waals surface area contributed by atoms with Gasteiger partial charge in [-0.3, -0.25) is 4.79 Å². The zero-order valence-corrected chi connectivity index (χ0v) is 22.8. The van der Waals surface area contributed by atoms with E-state index in [9.17, 15) is 19.1 Å². The molecule has 6 heterocycles. The number of likely N-dealkylation sites (N-methyl/N-ethyl adjacent to an activating group) is 1. The summed E-state index contributed by atoms with van der Waals surface area (Å²) < 4.78 is 16.3. The van der Waals surface area contributed by atoms with Crippen LogP contribution in [0.1, 0.15) is 16.8 Å². The van der Waals surface area contributed by atoms with Crippen molar-refractivity contribution in [3.8, 4) is 11.1 Å². The molecule has 0 radical (unpaired) electrons. The Morgan fingerprint density at radius 2 is 1.98 bits per heavy atom. The number of benzene rings is 1. The summed E-state index contributed by atoms with van der Waals surface area (Å²) in [5.74, 6) is -1.18. The van der Waals surface area contributed by atoms with Crippen LogP contribution in [0.4, 0.5) is 15.8 Å². The number of carboxylic acid groups (broad SMARTS) is 1. The summed E-state index contributed by atoms with van der Waals surface area (Å²) in [6.45, 7) is 2.69. The molecular formula is C29H29FN8O3. The first-order valence-electron chi connectivity index (χ1n) is 13.5. The van der Waals surface area contributed by atoms with E-state index in [-0.39, 0.29) is 16.8 Å². The lowest BCUT2D eigenvalue weighted by Crippen LogP contribution is -2.32. The SMILES string of the molecule is CNc1cc(F)cc2c1[nH]c1ncc(-c3cnc4c(c3)c(=O)c(C(=O)O)cn4NC)c(N3C[C@@H]4CCN(C)[C@@H]4C3)c12. The van der Waals surface area contributed by atoms with Crippen LogP contribution in [0.5, 0.6) is 0 Å². The fourth-order valence-corrected chi connectivity index (χ4v) is 6.68. The quantitative estimate of drug-likeness (QED) is 0.258. The third-order valence-corrected chi connectivity index (χ3v) is 8.70. The lowest BCUT2D eigenvalue weighted by Gasteiger charge is -2.25. The standard InChI is InChI=1S/C29H29FN8O3/c1-31-21-8-16(30)7-17-23-25(37-11-14-4-5-36(3)22(14)13-37)19(10-33-27(23)35-24(17)21)15-6-18-26(39)20(29(40)41)12-38(32-2)28(18)34-9-15/h6-10,12,14,22,31-32H,4-5,11,13H2,1-3H3,(H,33,35)(H,40,41)/t14-,22+/m0/s1. The number of carboxylic acids is 1. The van der Waals surface area contributed by atoms with Crippen LogP contribution in [0.2, 0.25) is 0 Å². The van der Waals surface area contributed by atoms with Gasteiger partial charge in [0, 0.05) is 68.3 Å². The Morgan fingerprint density at radius 1 is 1.15 bits per heavy atom. The van der Waals surface area contributed by atoms with Crippen molar-refractivity contribution < 1.29 is 14.3 Å². The number of aromatic amines is 1. The topological polar surface area (TPSA) is 131 Å². The number of pyridine rings is 3. The number of rotatable bonds is 5. The van der Waals surface area contributed by atoms with Crippen LogP contribution < -0.4 is 21.1 Å². The van der Waals surface area contributed by atoms with Gasteiger partial charge in [-0.1, -0.05) is 0 Å². The predicted molar refractivity (Wildman–Crippen MR) is 157 cm³/mol. The number of likely N-dealkylation sites (tertiary alicyclic amines) is 1. The first-order valence-corrected chi connectivity index (χ1v) is 13.5. The molecule has 5 aromatic rings. The van der Waals surface area contributed by atoms with Crippen LogP contribution in [-0.4, -0.2) is 82.4 Å². The van der Waals surface area contributed by atoms with Crippen LogP contribution in [0.25, 0.3) is 44.1 Å². The normalized spacial score (nSPS) is 19.0. The molecule has 0 aliphatic carbocycles. The Bertz CT molecular complexity index is 1950. The summed E-state index contributed by atoms with van der Waals surface area (Å²) in [6.07, 6.45) is 5.76. The minimum absolute atomic E-state index is 0.170. The van der Waals surface area contributed by atoms with E-state index < -0.39 is 11.4 Å². The summed E-state index contributed by atoms with van der Waals surface area (Å²) in [4.78, 5) is 42.5. The van der Waals surface area contributed by atoms with Crippen molar-refractivity contribution in [3.05, 3.63) is 58.4 Å². The van der Waals surface area contributed by atoms with Gasteiger partial charge in [-0.15, -0.1) is 0 Å². The minimum atomic E-state index is -1.32. The number of nitrogens with zero attached hydrogens (tertiary/aromatic N) is 5. The summed E-state index contributed by atoms with van der Waals surface area (Å²) in [6, 6.07) is 5.05. The second-order valence-corrected chi connectivity index (χ2v) is 10.9. The molecule has 2 aliphatic heterocycles. The Kier molecular flexibility index (Phi) is 5.65. The molecule has 2 saturated heterocycles. The number of nitrogens with one attached hydrogen (secondary N) is 3. The van der Waals surface area contributed by atoms with Gasteiger partial charge in [0.25, 0.3) is 0 Å². The lowest BCUT2D eigenvalue weighted by atomic mass is 10.0. The fraction of sp³-hybridized carbons (Fsp3) is 0.310. The highest BCUT2D eigenvalue weighted by atomic mass is 19.1. The molecule has 41 heavy (non-hydrogen) atoms. The number of hydrogen-bond acceptors (Lipinski definition) is 8. The lowest BCUT2D eigenvalue weighted by molar-refractivity contribution is 0.0695. The molecule has 7 rings (SSSR count). The molecule has 2 fully saturated rings. The Morgan fingerprint density at radius 3 is 2.71 bits per heavy atom. The van der Waals surface area contributed by atoms with Crippen LogP contribution in [-0.2, 0) is 0 Å². The number of carbonyl (C=O) groups is 1. The van der Waals surface area contributed by atoms with Crippen molar-refractivity contribution in [1.82, 2.24) is 24.5 Å². The average molecular weight is 557 g/mol. The highest BCUT2D eigenvalue weighted by Gasteiger charge is 2.41. The molecule has 0 unspecified atom stereocenters. The van der Waals surface area contributed by atoms with E-state index in [0.29, 0.717) is 39.9 Å². The molecule has 0 bridgehead atoms. The number of aromatic nitrogens is 4. The van der Waals surface area contributed by atoms with Crippen LogP contribution in [0, 0.1) is 11.7 Å². The van der Waals surface area contributed by atoms with E-state index in [0.717, 1.165) is 48.2 Å². The summed E-state index contributed by atoms with van der Waals surface area (Å²) in [5, 5.41) is 14.4. The molecule has 210 valence electrons. The molecule has 2 atom stereocenters. The highest BCUT2D eigenvalue weighted by molar-refractivity contribution is 6.18.